The molecule has 3 aromatic heterocycles. The number of hydrogen-bond acceptors (Lipinski definition) is 4. The maximum atomic E-state index is 12.1. The summed E-state index contributed by atoms with van der Waals surface area (Å²) in [5, 5.41) is 9.50. The topological polar surface area (TPSA) is 116 Å². The first-order valence-corrected chi connectivity index (χ1v) is 6.52. The molecule has 0 bridgehead atoms. The molecular weight excluding hydrogens is 304 g/mol. The molecule has 0 aliphatic heterocycles. The van der Waals surface area contributed by atoms with Gasteiger partial charge in [0.15, 0.2) is 0 Å². The van der Waals surface area contributed by atoms with Gasteiger partial charge in [0.2, 0.25) is 0 Å². The summed E-state index contributed by atoms with van der Waals surface area (Å²) in [6, 6.07) is 4.08. The fourth-order valence-corrected chi connectivity index (χ4v) is 2.56. The summed E-state index contributed by atoms with van der Waals surface area (Å²) in [5.74, 6) is 0. The molecule has 0 aliphatic carbocycles. The van der Waals surface area contributed by atoms with Crippen LogP contribution in [0.1, 0.15) is 11.1 Å². The number of aromatic amines is 2. The molecule has 8 heteroatoms. The second-order valence-corrected chi connectivity index (χ2v) is 4.80. The average Bonchev–Trinajstić information content (AvgIpc) is 3.01. The highest BCUT2D eigenvalue weighted by atomic mass is 35.5. The van der Waals surface area contributed by atoms with Gasteiger partial charge in [-0.2, -0.15) is 5.26 Å². The van der Waals surface area contributed by atoms with Crippen molar-refractivity contribution in [2.24, 2.45) is 5.73 Å². The number of hydrogen-bond donors (Lipinski definition) is 3. The lowest BCUT2D eigenvalue weighted by Crippen LogP contribution is -2.16. The van der Waals surface area contributed by atoms with Gasteiger partial charge in [-0.25, -0.2) is 4.98 Å². The summed E-state index contributed by atoms with van der Waals surface area (Å²) in [5.41, 5.74) is 9.00. The van der Waals surface area contributed by atoms with Crippen molar-refractivity contribution >= 4 is 23.4 Å². The van der Waals surface area contributed by atoms with Crippen molar-refractivity contribution < 1.29 is 0 Å². The van der Waals surface area contributed by atoms with E-state index >= 15 is 0 Å². The summed E-state index contributed by atoms with van der Waals surface area (Å²) in [6.07, 6.45) is 3.15. The van der Waals surface area contributed by atoms with E-state index in [-0.39, 0.29) is 18.0 Å². The highest BCUT2D eigenvalue weighted by Gasteiger charge is 2.22. The van der Waals surface area contributed by atoms with Crippen molar-refractivity contribution in [3.05, 3.63) is 40.1 Å². The highest BCUT2D eigenvalue weighted by molar-refractivity contribution is 5.90. The Morgan fingerprint density at radius 2 is 2.23 bits per heavy atom. The van der Waals surface area contributed by atoms with E-state index in [0.29, 0.717) is 35.4 Å². The molecule has 3 heterocycles. The van der Waals surface area contributed by atoms with Crippen molar-refractivity contribution in [2.45, 2.75) is 13.5 Å². The predicted octanol–water partition coefficient (Wildman–Crippen LogP) is 1.28. The smallest absolute Gasteiger partial charge is 0.275 e. The van der Waals surface area contributed by atoms with Gasteiger partial charge in [0.05, 0.1) is 17.7 Å². The number of H-pyrrole nitrogens is 2. The zero-order valence-corrected chi connectivity index (χ0v) is 12.7. The number of nitrogens with one attached hydrogen (secondary N) is 2. The molecule has 7 nitrogen and oxygen atoms in total. The summed E-state index contributed by atoms with van der Waals surface area (Å²) in [7, 11) is 0. The van der Waals surface area contributed by atoms with E-state index in [1.165, 1.54) is 6.33 Å². The van der Waals surface area contributed by atoms with Crippen molar-refractivity contribution in [1.29, 1.82) is 5.26 Å². The van der Waals surface area contributed by atoms with Crippen LogP contribution in [0.25, 0.3) is 22.4 Å². The third-order valence-corrected chi connectivity index (χ3v) is 3.39. The summed E-state index contributed by atoms with van der Waals surface area (Å²) >= 11 is 0. The van der Waals surface area contributed by atoms with Crippen LogP contribution in [0.2, 0.25) is 0 Å². The van der Waals surface area contributed by atoms with Gasteiger partial charge >= 0.3 is 0 Å². The normalized spacial score (nSPS) is 10.4. The van der Waals surface area contributed by atoms with Crippen molar-refractivity contribution in [3.63, 3.8) is 0 Å². The molecule has 0 radical (unpaired) electrons. The zero-order valence-electron chi connectivity index (χ0n) is 11.9. The van der Waals surface area contributed by atoms with Gasteiger partial charge in [0.1, 0.15) is 22.7 Å². The van der Waals surface area contributed by atoms with Crippen molar-refractivity contribution in [2.75, 3.05) is 6.54 Å². The Morgan fingerprint density at radius 1 is 1.45 bits per heavy atom. The van der Waals surface area contributed by atoms with Crippen LogP contribution in [0, 0.1) is 18.3 Å². The lowest BCUT2D eigenvalue weighted by Gasteiger charge is -2.07. The Hall–Kier alpha value is -2.56. The molecular formula is C14H15ClN6O. The van der Waals surface area contributed by atoms with E-state index in [0.717, 1.165) is 11.3 Å². The Morgan fingerprint density at radius 3 is 2.82 bits per heavy atom. The maximum absolute atomic E-state index is 12.1. The molecule has 0 aromatic carbocycles. The van der Waals surface area contributed by atoms with E-state index in [4.69, 9.17) is 5.73 Å². The van der Waals surface area contributed by atoms with Crippen LogP contribution in [0.4, 0.5) is 0 Å². The number of halogens is 1. The number of fused-ring (bicyclic) bond motifs is 1. The maximum Gasteiger partial charge on any atom is 0.275 e. The fraction of sp³-hybridized carbons (Fsp3) is 0.214. The zero-order chi connectivity index (χ0) is 15.0. The molecule has 0 fully saturated rings. The average molecular weight is 319 g/mol. The second kappa shape index (κ2) is 6.05. The van der Waals surface area contributed by atoms with Gasteiger partial charge in [0.25, 0.3) is 5.56 Å². The SMILES string of the molecule is Cc1c[nH]c(-c2c(C#N)c3nc[nH]c(=O)c3n2CCN)c1.Cl. The van der Waals surface area contributed by atoms with Gasteiger partial charge in [-0.15, -0.1) is 12.4 Å². The monoisotopic (exact) mass is 318 g/mol. The molecule has 0 unspecified atom stereocenters. The standard InChI is InChI=1S/C14H14N6O.ClH/c1-8-4-10(17-6-8)12-9(5-16)11-13(20(12)3-2-15)14(21)19-7-18-11;/h4,6-7,17H,2-3,15H2,1H3,(H,18,19,21);1H. The molecule has 0 amide bonds. The number of aryl methyl sites for hydroxylation is 1. The van der Waals surface area contributed by atoms with Gasteiger partial charge in [0, 0.05) is 19.3 Å². The highest BCUT2D eigenvalue weighted by Crippen LogP contribution is 2.30. The van der Waals surface area contributed by atoms with Gasteiger partial charge in [-0.1, -0.05) is 0 Å². The van der Waals surface area contributed by atoms with Crippen molar-refractivity contribution in [3.8, 4) is 17.5 Å². The Kier molecular flexibility index (Phi) is 4.35. The molecule has 0 saturated heterocycles. The second-order valence-electron chi connectivity index (χ2n) is 4.80. The van der Waals surface area contributed by atoms with Crippen LogP contribution in [-0.4, -0.2) is 26.1 Å². The van der Waals surface area contributed by atoms with Crippen molar-refractivity contribution in [1.82, 2.24) is 19.5 Å². The minimum Gasteiger partial charge on any atom is -0.360 e. The Bertz CT molecular complexity index is 914. The molecule has 4 N–H and O–H groups in total. The Balaban J connectivity index is 0.00000176. The summed E-state index contributed by atoms with van der Waals surface area (Å²) in [6.45, 7) is 2.74. The minimum absolute atomic E-state index is 0. The molecule has 3 rings (SSSR count). The van der Waals surface area contributed by atoms with Crippen LogP contribution in [-0.2, 0) is 6.54 Å². The molecule has 0 aliphatic rings. The van der Waals surface area contributed by atoms with E-state index < -0.39 is 0 Å². The van der Waals surface area contributed by atoms with Gasteiger partial charge in [-0.3, -0.25) is 4.79 Å². The van der Waals surface area contributed by atoms with Crippen LogP contribution in [0.3, 0.4) is 0 Å². The quantitative estimate of drug-likeness (QED) is 0.674. The minimum atomic E-state index is -0.278. The predicted molar refractivity (Wildman–Crippen MR) is 85.9 cm³/mol. The first-order chi connectivity index (χ1) is 10.2. The third-order valence-electron chi connectivity index (χ3n) is 3.39. The molecule has 0 atom stereocenters. The van der Waals surface area contributed by atoms with Crippen LogP contribution in [0.15, 0.2) is 23.4 Å². The number of nitriles is 1. The summed E-state index contributed by atoms with van der Waals surface area (Å²) < 4.78 is 1.75. The van der Waals surface area contributed by atoms with Crippen LogP contribution < -0.4 is 11.3 Å². The molecule has 22 heavy (non-hydrogen) atoms. The molecule has 0 saturated carbocycles. The van der Waals surface area contributed by atoms with E-state index in [1.54, 1.807) is 4.57 Å². The number of nitrogens with zero attached hydrogens (tertiary/aromatic N) is 3. The van der Waals surface area contributed by atoms with Gasteiger partial charge in [-0.05, 0) is 18.6 Å². The first-order valence-electron chi connectivity index (χ1n) is 6.52. The summed E-state index contributed by atoms with van der Waals surface area (Å²) in [4.78, 5) is 21.9. The lowest BCUT2D eigenvalue weighted by atomic mass is 10.2. The van der Waals surface area contributed by atoms with Gasteiger partial charge < -0.3 is 20.3 Å². The number of aromatic nitrogens is 4. The van der Waals surface area contributed by atoms with E-state index in [1.807, 2.05) is 19.2 Å². The number of rotatable bonds is 3. The first kappa shape index (κ1) is 15.8. The molecule has 114 valence electrons. The Labute approximate surface area is 132 Å². The lowest BCUT2D eigenvalue weighted by molar-refractivity contribution is 0.736. The third kappa shape index (κ3) is 2.28. The van der Waals surface area contributed by atoms with Crippen LogP contribution in [0.5, 0.6) is 0 Å². The van der Waals surface area contributed by atoms with Crippen LogP contribution >= 0.6 is 12.4 Å². The van der Waals surface area contributed by atoms with E-state index in [9.17, 15) is 10.1 Å². The molecule has 3 aromatic rings. The largest absolute Gasteiger partial charge is 0.360 e. The van der Waals surface area contributed by atoms with E-state index in [2.05, 4.69) is 21.0 Å². The fourth-order valence-electron chi connectivity index (χ4n) is 2.56. The number of nitrogens with two attached hydrogens (primary N) is 1. The molecule has 0 spiro atoms.